The second kappa shape index (κ2) is 11.4. The van der Waals surface area contributed by atoms with Gasteiger partial charge in [0.25, 0.3) is 0 Å². The first-order chi connectivity index (χ1) is 24.8. The lowest BCUT2D eigenvalue weighted by Gasteiger charge is -2.25. The quantitative estimate of drug-likeness (QED) is 0.181. The highest BCUT2D eigenvalue weighted by molar-refractivity contribution is 6.15. The summed E-state index contributed by atoms with van der Waals surface area (Å²) in [7, 11) is 0. The number of para-hydroxylation sites is 3. The van der Waals surface area contributed by atoms with Gasteiger partial charge in [-0.3, -0.25) is 0 Å². The zero-order valence-electron chi connectivity index (χ0n) is 27.0. The molecule has 0 saturated carbocycles. The molecule has 0 unspecified atom stereocenters. The Bertz CT molecular complexity index is 2780. The van der Waals surface area contributed by atoms with E-state index in [9.17, 15) is 0 Å². The van der Waals surface area contributed by atoms with Crippen LogP contribution in [0.25, 0.3) is 54.6 Å². The first-order valence-electron chi connectivity index (χ1n) is 16.8. The normalized spacial score (nSPS) is 11.6. The van der Waals surface area contributed by atoms with Crippen molar-refractivity contribution in [2.75, 3.05) is 9.80 Å². The van der Waals surface area contributed by atoms with E-state index in [0.717, 1.165) is 83.4 Å². The van der Waals surface area contributed by atoms with Crippen LogP contribution in [0.5, 0.6) is 0 Å². The fourth-order valence-electron chi connectivity index (χ4n) is 7.29. The molecule has 8 aromatic carbocycles. The SMILES string of the molecule is c1ccc(N(c2ccc3c(c2)oc2ccc(N(c4ccccc4)c4ccccc4)cc23)c2ccc3c(c2)oc2c4ccccc4ccc32)cc1. The van der Waals surface area contributed by atoms with E-state index in [1.807, 2.05) is 18.2 Å². The van der Waals surface area contributed by atoms with E-state index in [1.54, 1.807) is 0 Å². The maximum absolute atomic E-state index is 6.58. The number of rotatable bonds is 6. The molecule has 0 saturated heterocycles. The summed E-state index contributed by atoms with van der Waals surface area (Å²) in [6, 6.07) is 63.6. The minimum atomic E-state index is 0.831. The van der Waals surface area contributed by atoms with Crippen LogP contribution in [0.3, 0.4) is 0 Å². The molecule has 2 heterocycles. The summed E-state index contributed by atoms with van der Waals surface area (Å²) in [5.74, 6) is 0. The molecular weight excluding hydrogens is 613 g/mol. The van der Waals surface area contributed by atoms with Crippen LogP contribution in [-0.2, 0) is 0 Å². The lowest BCUT2D eigenvalue weighted by atomic mass is 10.1. The third-order valence-electron chi connectivity index (χ3n) is 9.60. The molecule has 4 heteroatoms. The predicted molar refractivity (Wildman–Crippen MR) is 208 cm³/mol. The van der Waals surface area contributed by atoms with Crippen molar-refractivity contribution in [3.63, 3.8) is 0 Å². The molecule has 0 aliphatic carbocycles. The molecule has 0 amide bonds. The number of fused-ring (bicyclic) bond motifs is 8. The van der Waals surface area contributed by atoms with Crippen LogP contribution < -0.4 is 9.80 Å². The first kappa shape index (κ1) is 28.3. The van der Waals surface area contributed by atoms with E-state index in [2.05, 4.69) is 174 Å². The van der Waals surface area contributed by atoms with Crippen LogP contribution in [0.1, 0.15) is 0 Å². The Hall–Kier alpha value is -6.78. The molecule has 0 spiro atoms. The standard InChI is InChI=1S/C46H30N2O2/c1-4-13-32(14-5-1)47(33-15-6-2-7-16-33)35-23-27-43-42(28-35)40-26-22-36(29-44(40)49-43)48(34-17-8-3-9-18-34)37-21-25-39-41-24-20-31-12-10-11-19-38(31)46(41)50-45(39)30-37/h1-30H. The Morgan fingerprint density at radius 3 is 1.40 bits per heavy atom. The van der Waals surface area contributed by atoms with Crippen molar-refractivity contribution < 1.29 is 8.83 Å². The molecule has 0 bridgehead atoms. The first-order valence-corrected chi connectivity index (χ1v) is 16.8. The van der Waals surface area contributed by atoms with Crippen molar-refractivity contribution in [1.82, 2.24) is 0 Å². The van der Waals surface area contributed by atoms with Gasteiger partial charge >= 0.3 is 0 Å². The topological polar surface area (TPSA) is 32.8 Å². The number of anilines is 6. The van der Waals surface area contributed by atoms with Crippen molar-refractivity contribution in [3.05, 3.63) is 182 Å². The molecule has 0 aliphatic rings. The van der Waals surface area contributed by atoms with Crippen LogP contribution in [0.2, 0.25) is 0 Å². The number of hydrogen-bond donors (Lipinski definition) is 0. The summed E-state index contributed by atoms with van der Waals surface area (Å²) in [6.45, 7) is 0. The summed E-state index contributed by atoms with van der Waals surface area (Å²) in [5.41, 5.74) is 9.78. The van der Waals surface area contributed by atoms with Gasteiger partial charge in [0, 0.05) is 73.2 Å². The molecule has 50 heavy (non-hydrogen) atoms. The molecule has 4 nitrogen and oxygen atoms in total. The second-order valence-electron chi connectivity index (χ2n) is 12.6. The average molecular weight is 643 g/mol. The molecule has 2 aromatic heterocycles. The van der Waals surface area contributed by atoms with Crippen molar-refractivity contribution in [3.8, 4) is 0 Å². The Labute approximate surface area is 288 Å². The smallest absolute Gasteiger partial charge is 0.143 e. The minimum absolute atomic E-state index is 0.831. The van der Waals surface area contributed by atoms with Gasteiger partial charge in [0.1, 0.15) is 22.3 Å². The maximum Gasteiger partial charge on any atom is 0.143 e. The second-order valence-corrected chi connectivity index (χ2v) is 12.6. The highest BCUT2D eigenvalue weighted by Gasteiger charge is 2.19. The highest BCUT2D eigenvalue weighted by atomic mass is 16.3. The van der Waals surface area contributed by atoms with Crippen LogP contribution in [0.15, 0.2) is 191 Å². The van der Waals surface area contributed by atoms with Crippen LogP contribution >= 0.6 is 0 Å². The van der Waals surface area contributed by atoms with Gasteiger partial charge in [-0.15, -0.1) is 0 Å². The van der Waals surface area contributed by atoms with Crippen LogP contribution in [0.4, 0.5) is 34.1 Å². The van der Waals surface area contributed by atoms with Gasteiger partial charge in [0.05, 0.1) is 0 Å². The summed E-state index contributed by atoms with van der Waals surface area (Å²) in [5, 5.41) is 6.66. The Balaban J connectivity index is 1.10. The van der Waals surface area contributed by atoms with Crippen molar-refractivity contribution in [2.45, 2.75) is 0 Å². The lowest BCUT2D eigenvalue weighted by molar-refractivity contribution is 0.669. The van der Waals surface area contributed by atoms with Crippen LogP contribution in [-0.4, -0.2) is 0 Å². The molecule has 0 radical (unpaired) electrons. The van der Waals surface area contributed by atoms with Crippen molar-refractivity contribution >= 4 is 88.8 Å². The number of benzene rings is 8. The van der Waals surface area contributed by atoms with Gasteiger partial charge in [-0.25, -0.2) is 0 Å². The van der Waals surface area contributed by atoms with Gasteiger partial charge < -0.3 is 18.6 Å². The maximum atomic E-state index is 6.58. The minimum Gasteiger partial charge on any atom is -0.456 e. The van der Waals surface area contributed by atoms with Crippen molar-refractivity contribution in [1.29, 1.82) is 0 Å². The molecule has 0 N–H and O–H groups in total. The summed E-state index contributed by atoms with van der Waals surface area (Å²) >= 11 is 0. The van der Waals surface area contributed by atoms with E-state index in [4.69, 9.17) is 8.83 Å². The molecule has 0 aliphatic heterocycles. The molecule has 236 valence electrons. The Kier molecular flexibility index (Phi) is 6.46. The monoisotopic (exact) mass is 642 g/mol. The van der Waals surface area contributed by atoms with Gasteiger partial charge in [0.15, 0.2) is 0 Å². The van der Waals surface area contributed by atoms with Gasteiger partial charge in [-0.05, 0) is 90.3 Å². The zero-order chi connectivity index (χ0) is 33.0. The molecule has 10 aromatic rings. The molecule has 0 fully saturated rings. The zero-order valence-corrected chi connectivity index (χ0v) is 27.0. The molecular formula is C46H30N2O2. The van der Waals surface area contributed by atoms with E-state index < -0.39 is 0 Å². The van der Waals surface area contributed by atoms with E-state index >= 15 is 0 Å². The third kappa shape index (κ3) is 4.61. The summed E-state index contributed by atoms with van der Waals surface area (Å²) in [4.78, 5) is 4.54. The van der Waals surface area contributed by atoms with E-state index in [-0.39, 0.29) is 0 Å². The van der Waals surface area contributed by atoms with Crippen molar-refractivity contribution in [2.24, 2.45) is 0 Å². The van der Waals surface area contributed by atoms with Gasteiger partial charge in [0.2, 0.25) is 0 Å². The van der Waals surface area contributed by atoms with Crippen LogP contribution in [0, 0.1) is 0 Å². The largest absolute Gasteiger partial charge is 0.456 e. The summed E-state index contributed by atoms with van der Waals surface area (Å²) in [6.07, 6.45) is 0. The molecule has 10 rings (SSSR count). The molecule has 0 atom stereocenters. The fourth-order valence-corrected chi connectivity index (χ4v) is 7.29. The Morgan fingerprint density at radius 2 is 0.760 bits per heavy atom. The number of nitrogens with zero attached hydrogens (tertiary/aromatic N) is 2. The van der Waals surface area contributed by atoms with E-state index in [1.165, 1.54) is 5.39 Å². The van der Waals surface area contributed by atoms with E-state index in [0.29, 0.717) is 0 Å². The fraction of sp³-hybridized carbons (Fsp3) is 0. The summed E-state index contributed by atoms with van der Waals surface area (Å²) < 4.78 is 13.1. The number of furan rings is 2. The van der Waals surface area contributed by atoms with Gasteiger partial charge in [-0.1, -0.05) is 84.9 Å². The van der Waals surface area contributed by atoms with Gasteiger partial charge in [-0.2, -0.15) is 0 Å². The number of hydrogen-bond acceptors (Lipinski definition) is 4. The lowest BCUT2D eigenvalue weighted by Crippen LogP contribution is -2.09. The Morgan fingerprint density at radius 1 is 0.280 bits per heavy atom. The average Bonchev–Trinajstić information content (AvgIpc) is 3.74. The third-order valence-corrected chi connectivity index (χ3v) is 9.60. The highest BCUT2D eigenvalue weighted by Crippen LogP contribution is 2.43. The predicted octanol–water partition coefficient (Wildman–Crippen LogP) is 13.6.